The van der Waals surface area contributed by atoms with Crippen molar-refractivity contribution in [1.82, 2.24) is 4.90 Å². The van der Waals surface area contributed by atoms with Crippen molar-refractivity contribution in [2.45, 2.75) is 44.6 Å². The van der Waals surface area contributed by atoms with Gasteiger partial charge in [-0.2, -0.15) is 0 Å². The van der Waals surface area contributed by atoms with Crippen LogP contribution in [0.3, 0.4) is 0 Å². The summed E-state index contributed by atoms with van der Waals surface area (Å²) in [5, 5.41) is 10.2. The standard InChI is InChI=1S/C17H25NO/c19-16(15-6-2-1-3-7-15)8-12-18-13-11-17(14-18)9-4-5-10-17/h1-3,6-7,16,19H,4-5,8-14H2/t16-/m1/s1. The van der Waals surface area contributed by atoms with Crippen LogP contribution in [0.15, 0.2) is 30.3 Å². The Hall–Kier alpha value is -0.860. The molecule has 1 aliphatic carbocycles. The zero-order valence-electron chi connectivity index (χ0n) is 11.7. The quantitative estimate of drug-likeness (QED) is 0.896. The van der Waals surface area contributed by atoms with Crippen LogP contribution >= 0.6 is 0 Å². The van der Waals surface area contributed by atoms with Gasteiger partial charge in [0.2, 0.25) is 0 Å². The van der Waals surface area contributed by atoms with Gasteiger partial charge in [0.05, 0.1) is 6.10 Å². The number of benzene rings is 1. The molecule has 0 unspecified atom stereocenters. The lowest BCUT2D eigenvalue weighted by Gasteiger charge is -2.24. The molecule has 1 spiro atoms. The molecule has 1 aliphatic heterocycles. The molecule has 0 amide bonds. The van der Waals surface area contributed by atoms with Crippen molar-refractivity contribution in [3.05, 3.63) is 35.9 Å². The highest BCUT2D eigenvalue weighted by Gasteiger charge is 2.39. The molecule has 1 aromatic carbocycles. The van der Waals surface area contributed by atoms with Crippen molar-refractivity contribution in [2.24, 2.45) is 5.41 Å². The lowest BCUT2D eigenvalue weighted by atomic mass is 9.86. The van der Waals surface area contributed by atoms with Crippen molar-refractivity contribution in [3.63, 3.8) is 0 Å². The van der Waals surface area contributed by atoms with Gasteiger partial charge < -0.3 is 10.0 Å². The number of hydrogen-bond acceptors (Lipinski definition) is 2. The molecule has 0 aromatic heterocycles. The topological polar surface area (TPSA) is 23.5 Å². The number of nitrogens with zero attached hydrogens (tertiary/aromatic N) is 1. The van der Waals surface area contributed by atoms with E-state index in [0.717, 1.165) is 18.5 Å². The average Bonchev–Trinajstić information content (AvgIpc) is 3.08. The number of aliphatic hydroxyl groups excluding tert-OH is 1. The van der Waals surface area contributed by atoms with E-state index in [1.807, 2.05) is 30.3 Å². The second-order valence-electron chi connectivity index (χ2n) is 6.45. The van der Waals surface area contributed by atoms with Crippen LogP contribution in [0.4, 0.5) is 0 Å². The zero-order valence-corrected chi connectivity index (χ0v) is 11.7. The third-order valence-electron chi connectivity index (χ3n) is 5.08. The SMILES string of the molecule is O[C@H](CCN1CCC2(CCCC2)C1)c1ccccc1. The fraction of sp³-hybridized carbons (Fsp3) is 0.647. The normalized spacial score (nSPS) is 24.1. The lowest BCUT2D eigenvalue weighted by Crippen LogP contribution is -2.27. The van der Waals surface area contributed by atoms with Crippen LogP contribution in [0.1, 0.15) is 50.2 Å². The monoisotopic (exact) mass is 259 g/mol. The Kier molecular flexibility index (Phi) is 3.90. The molecule has 19 heavy (non-hydrogen) atoms. The van der Waals surface area contributed by atoms with E-state index in [2.05, 4.69) is 4.90 Å². The van der Waals surface area contributed by atoms with Crippen molar-refractivity contribution in [1.29, 1.82) is 0 Å². The molecule has 2 nitrogen and oxygen atoms in total. The highest BCUT2D eigenvalue weighted by molar-refractivity contribution is 5.17. The Morgan fingerprint density at radius 1 is 1.11 bits per heavy atom. The number of rotatable bonds is 4. The summed E-state index contributed by atoms with van der Waals surface area (Å²) < 4.78 is 0. The molecular weight excluding hydrogens is 234 g/mol. The smallest absolute Gasteiger partial charge is 0.0802 e. The fourth-order valence-corrected chi connectivity index (χ4v) is 3.90. The predicted octanol–water partition coefficient (Wildman–Crippen LogP) is 3.38. The zero-order chi connectivity index (χ0) is 13.1. The van der Waals surface area contributed by atoms with Crippen molar-refractivity contribution >= 4 is 0 Å². The summed E-state index contributed by atoms with van der Waals surface area (Å²) in [4.78, 5) is 2.57. The third kappa shape index (κ3) is 3.01. The molecule has 1 saturated carbocycles. The Bertz CT molecular complexity index is 397. The van der Waals surface area contributed by atoms with E-state index in [4.69, 9.17) is 0 Å². The summed E-state index contributed by atoms with van der Waals surface area (Å²) in [5.74, 6) is 0. The first-order valence-electron chi connectivity index (χ1n) is 7.73. The van der Waals surface area contributed by atoms with Gasteiger partial charge in [0.1, 0.15) is 0 Å². The number of aliphatic hydroxyl groups is 1. The summed E-state index contributed by atoms with van der Waals surface area (Å²) in [6.07, 6.45) is 7.67. The van der Waals surface area contributed by atoms with Gasteiger partial charge in [-0.3, -0.25) is 0 Å². The van der Waals surface area contributed by atoms with Gasteiger partial charge >= 0.3 is 0 Å². The first-order valence-corrected chi connectivity index (χ1v) is 7.73. The lowest BCUT2D eigenvalue weighted by molar-refractivity contribution is 0.144. The van der Waals surface area contributed by atoms with E-state index >= 15 is 0 Å². The van der Waals surface area contributed by atoms with Gasteiger partial charge in [-0.15, -0.1) is 0 Å². The van der Waals surface area contributed by atoms with E-state index in [0.29, 0.717) is 5.41 Å². The van der Waals surface area contributed by atoms with Crippen LogP contribution in [-0.4, -0.2) is 29.6 Å². The maximum atomic E-state index is 10.2. The van der Waals surface area contributed by atoms with Crippen LogP contribution in [0.5, 0.6) is 0 Å². The van der Waals surface area contributed by atoms with Crippen LogP contribution in [0.25, 0.3) is 0 Å². The van der Waals surface area contributed by atoms with E-state index < -0.39 is 0 Å². The van der Waals surface area contributed by atoms with Crippen LogP contribution < -0.4 is 0 Å². The predicted molar refractivity (Wildman–Crippen MR) is 78.0 cm³/mol. The summed E-state index contributed by atoms with van der Waals surface area (Å²) >= 11 is 0. The second-order valence-corrected chi connectivity index (χ2v) is 6.45. The minimum Gasteiger partial charge on any atom is -0.388 e. The van der Waals surface area contributed by atoms with Crippen LogP contribution in [-0.2, 0) is 0 Å². The van der Waals surface area contributed by atoms with Gasteiger partial charge in [0.15, 0.2) is 0 Å². The second kappa shape index (κ2) is 5.64. The Labute approximate surface area is 116 Å². The molecule has 1 heterocycles. The van der Waals surface area contributed by atoms with Crippen LogP contribution in [0, 0.1) is 5.41 Å². The largest absolute Gasteiger partial charge is 0.388 e. The first-order chi connectivity index (χ1) is 9.27. The Morgan fingerprint density at radius 2 is 1.84 bits per heavy atom. The van der Waals surface area contributed by atoms with Gasteiger partial charge in [-0.1, -0.05) is 43.2 Å². The molecule has 1 atom stereocenters. The fourth-order valence-electron chi connectivity index (χ4n) is 3.90. The van der Waals surface area contributed by atoms with Crippen molar-refractivity contribution in [3.8, 4) is 0 Å². The molecule has 104 valence electrons. The highest BCUT2D eigenvalue weighted by Crippen LogP contribution is 2.45. The molecule has 3 rings (SSSR count). The first kappa shape index (κ1) is 13.1. The molecule has 2 heteroatoms. The summed E-state index contributed by atoms with van der Waals surface area (Å²) in [7, 11) is 0. The number of likely N-dealkylation sites (tertiary alicyclic amines) is 1. The van der Waals surface area contributed by atoms with E-state index in [1.54, 1.807) is 0 Å². The molecule has 1 saturated heterocycles. The van der Waals surface area contributed by atoms with Crippen LogP contribution in [0.2, 0.25) is 0 Å². The van der Waals surface area contributed by atoms with Gasteiger partial charge in [0.25, 0.3) is 0 Å². The summed E-state index contributed by atoms with van der Waals surface area (Å²) in [5.41, 5.74) is 1.70. The minimum absolute atomic E-state index is 0.304. The molecule has 2 aliphatic rings. The van der Waals surface area contributed by atoms with Gasteiger partial charge in [0, 0.05) is 13.1 Å². The third-order valence-corrected chi connectivity index (χ3v) is 5.08. The maximum Gasteiger partial charge on any atom is 0.0802 e. The van der Waals surface area contributed by atoms with Crippen molar-refractivity contribution in [2.75, 3.05) is 19.6 Å². The van der Waals surface area contributed by atoms with Crippen molar-refractivity contribution < 1.29 is 5.11 Å². The maximum absolute atomic E-state index is 10.2. The van der Waals surface area contributed by atoms with E-state index in [1.165, 1.54) is 45.2 Å². The Balaban J connectivity index is 1.48. The summed E-state index contributed by atoms with van der Waals surface area (Å²) in [6.45, 7) is 3.55. The molecule has 2 fully saturated rings. The molecular formula is C17H25NO. The Morgan fingerprint density at radius 3 is 2.58 bits per heavy atom. The molecule has 1 N–H and O–H groups in total. The van der Waals surface area contributed by atoms with E-state index in [9.17, 15) is 5.11 Å². The average molecular weight is 259 g/mol. The van der Waals surface area contributed by atoms with Gasteiger partial charge in [-0.05, 0) is 43.2 Å². The van der Waals surface area contributed by atoms with Gasteiger partial charge in [-0.25, -0.2) is 0 Å². The van der Waals surface area contributed by atoms with E-state index in [-0.39, 0.29) is 6.10 Å². The molecule has 1 aromatic rings. The summed E-state index contributed by atoms with van der Waals surface area (Å²) in [6, 6.07) is 10.0. The minimum atomic E-state index is -0.304. The molecule has 0 bridgehead atoms. The highest BCUT2D eigenvalue weighted by atomic mass is 16.3. The molecule has 0 radical (unpaired) electrons. The number of hydrogen-bond donors (Lipinski definition) is 1.